The first-order valence-corrected chi connectivity index (χ1v) is 9.89. The highest BCUT2D eigenvalue weighted by Crippen LogP contribution is 2.30. The highest BCUT2D eigenvalue weighted by molar-refractivity contribution is 6.35. The molecule has 1 fully saturated rings. The zero-order valence-corrected chi connectivity index (χ0v) is 16.7. The fourth-order valence-corrected chi connectivity index (χ4v) is 3.59. The summed E-state index contributed by atoms with van der Waals surface area (Å²) in [5.74, 6) is 0.347. The largest absolute Gasteiger partial charge is 0.491 e. The number of nitrogens with zero attached hydrogens (tertiary/aromatic N) is 2. The molecule has 0 bridgehead atoms. The van der Waals surface area contributed by atoms with Crippen molar-refractivity contribution in [3.63, 3.8) is 0 Å². The van der Waals surface area contributed by atoms with E-state index in [0.717, 1.165) is 27.9 Å². The fourth-order valence-electron chi connectivity index (χ4n) is 3.38. The smallest absolute Gasteiger partial charge is 0.306 e. The predicted octanol–water partition coefficient (Wildman–Crippen LogP) is 4.52. The zero-order chi connectivity index (χ0) is 20.4. The third-order valence-corrected chi connectivity index (χ3v) is 5.44. The molecule has 0 atom stereocenters. The Morgan fingerprint density at radius 2 is 1.90 bits per heavy atom. The maximum Gasteiger partial charge on any atom is 0.306 e. The molecular weight excluding hydrogens is 392 g/mol. The van der Waals surface area contributed by atoms with E-state index >= 15 is 0 Å². The van der Waals surface area contributed by atoms with Crippen LogP contribution >= 0.6 is 11.6 Å². The monoisotopic (exact) mass is 412 g/mol. The number of carboxylic acids is 1. The van der Waals surface area contributed by atoms with E-state index < -0.39 is 5.97 Å². The number of hydrogen-bond donors (Lipinski definition) is 1. The number of halogens is 1. The lowest BCUT2D eigenvalue weighted by molar-refractivity contribution is -0.151. The van der Waals surface area contributed by atoms with Crippen LogP contribution in [0.5, 0.6) is 5.75 Å². The highest BCUT2D eigenvalue weighted by Gasteiger charge is 2.34. The summed E-state index contributed by atoms with van der Waals surface area (Å²) in [6.07, 6.45) is 1.19. The first-order chi connectivity index (χ1) is 14.0. The van der Waals surface area contributed by atoms with Crippen LogP contribution in [0.4, 0.5) is 0 Å². The van der Waals surface area contributed by atoms with Gasteiger partial charge in [-0.3, -0.25) is 4.79 Å². The Balaban J connectivity index is 1.34. The number of ether oxygens (including phenoxy) is 2. The standard InChI is InChI=1S/C22H21ClN2O4/c1-13-18-3-2-4-19(23)20(18)25-21(24-13)14-5-7-16(8-6-14)28-9-10-29-17-11-15(12-17)22(26)27/h2-8,15,17H,9-12H2,1H3,(H,26,27)/t15-,17+. The van der Waals surface area contributed by atoms with Crippen molar-refractivity contribution in [2.45, 2.75) is 25.9 Å². The normalized spacial score (nSPS) is 18.4. The summed E-state index contributed by atoms with van der Waals surface area (Å²) in [7, 11) is 0. The third-order valence-electron chi connectivity index (χ3n) is 5.13. The fraction of sp³-hybridized carbons (Fsp3) is 0.318. The molecule has 1 aliphatic rings. The second kappa shape index (κ2) is 8.35. The molecule has 4 rings (SSSR count). The van der Waals surface area contributed by atoms with Gasteiger partial charge in [0.1, 0.15) is 12.4 Å². The molecule has 0 spiro atoms. The van der Waals surface area contributed by atoms with Crippen LogP contribution in [0.3, 0.4) is 0 Å². The van der Waals surface area contributed by atoms with Crippen molar-refractivity contribution in [2.75, 3.05) is 13.2 Å². The van der Waals surface area contributed by atoms with Gasteiger partial charge in [0.15, 0.2) is 5.82 Å². The molecule has 0 aliphatic heterocycles. The molecule has 1 N–H and O–H groups in total. The summed E-state index contributed by atoms with van der Waals surface area (Å²) in [6, 6.07) is 13.2. The Labute approximate surface area is 173 Å². The summed E-state index contributed by atoms with van der Waals surface area (Å²) < 4.78 is 11.3. The van der Waals surface area contributed by atoms with Gasteiger partial charge in [-0.25, -0.2) is 9.97 Å². The number of rotatable bonds is 7. The van der Waals surface area contributed by atoms with Gasteiger partial charge < -0.3 is 14.6 Å². The quantitative estimate of drug-likeness (QED) is 0.574. The van der Waals surface area contributed by atoms with Gasteiger partial charge in [-0.1, -0.05) is 23.7 Å². The van der Waals surface area contributed by atoms with Crippen molar-refractivity contribution in [1.82, 2.24) is 9.97 Å². The van der Waals surface area contributed by atoms with Crippen molar-refractivity contribution in [1.29, 1.82) is 0 Å². The van der Waals surface area contributed by atoms with Crippen LogP contribution in [0, 0.1) is 12.8 Å². The second-order valence-corrected chi connectivity index (χ2v) is 7.55. The molecule has 6 nitrogen and oxygen atoms in total. The van der Waals surface area contributed by atoms with E-state index in [1.807, 2.05) is 49.4 Å². The topological polar surface area (TPSA) is 81.5 Å². The Hall–Kier alpha value is -2.70. The summed E-state index contributed by atoms with van der Waals surface area (Å²) >= 11 is 6.29. The molecule has 0 radical (unpaired) electrons. The Morgan fingerprint density at radius 1 is 1.14 bits per heavy atom. The molecule has 0 amide bonds. The molecule has 1 heterocycles. The minimum Gasteiger partial charge on any atom is -0.491 e. The third kappa shape index (κ3) is 4.33. The van der Waals surface area contributed by atoms with Crippen LogP contribution < -0.4 is 4.74 Å². The number of hydrogen-bond acceptors (Lipinski definition) is 5. The van der Waals surface area contributed by atoms with E-state index in [-0.39, 0.29) is 12.0 Å². The van der Waals surface area contributed by atoms with Crippen molar-refractivity contribution < 1.29 is 19.4 Å². The number of carboxylic acid groups (broad SMARTS) is 1. The van der Waals surface area contributed by atoms with Gasteiger partial charge in [0, 0.05) is 16.6 Å². The Bertz CT molecular complexity index is 1030. The number of aliphatic carboxylic acids is 1. The maximum absolute atomic E-state index is 10.8. The van der Waals surface area contributed by atoms with E-state index in [0.29, 0.717) is 36.9 Å². The van der Waals surface area contributed by atoms with E-state index in [1.165, 1.54) is 0 Å². The van der Waals surface area contributed by atoms with Gasteiger partial charge in [-0.15, -0.1) is 0 Å². The predicted molar refractivity (Wildman–Crippen MR) is 110 cm³/mol. The van der Waals surface area contributed by atoms with E-state index in [1.54, 1.807) is 0 Å². The van der Waals surface area contributed by atoms with Crippen LogP contribution in [0.2, 0.25) is 5.02 Å². The molecule has 7 heteroatoms. The van der Waals surface area contributed by atoms with Crippen LogP contribution in [0.25, 0.3) is 22.3 Å². The number of fused-ring (bicyclic) bond motifs is 1. The average Bonchev–Trinajstić information content (AvgIpc) is 2.67. The minimum atomic E-state index is -0.742. The molecule has 1 saturated carbocycles. The van der Waals surface area contributed by atoms with Crippen molar-refractivity contribution in [3.05, 3.63) is 53.2 Å². The molecule has 0 saturated heterocycles. The van der Waals surface area contributed by atoms with E-state index in [4.69, 9.17) is 26.2 Å². The lowest BCUT2D eigenvalue weighted by Gasteiger charge is -2.31. The minimum absolute atomic E-state index is 0.0298. The van der Waals surface area contributed by atoms with Crippen LogP contribution in [-0.2, 0) is 9.53 Å². The zero-order valence-electron chi connectivity index (χ0n) is 16.0. The number of aryl methyl sites for hydroxylation is 1. The summed E-state index contributed by atoms with van der Waals surface area (Å²) in [4.78, 5) is 20.0. The Kier molecular flexibility index (Phi) is 5.65. The molecule has 1 aromatic heterocycles. The summed E-state index contributed by atoms with van der Waals surface area (Å²) in [5, 5.41) is 10.4. The van der Waals surface area contributed by atoms with Crippen molar-refractivity contribution in [3.8, 4) is 17.1 Å². The van der Waals surface area contributed by atoms with Crippen molar-refractivity contribution >= 4 is 28.5 Å². The first-order valence-electron chi connectivity index (χ1n) is 9.52. The summed E-state index contributed by atoms with van der Waals surface area (Å²) in [5.41, 5.74) is 2.51. The lowest BCUT2D eigenvalue weighted by atomic mass is 9.82. The number of benzene rings is 2. The summed E-state index contributed by atoms with van der Waals surface area (Å²) in [6.45, 7) is 2.79. The first kappa shape index (κ1) is 19.6. The van der Waals surface area contributed by atoms with E-state index in [9.17, 15) is 4.79 Å². The molecule has 0 unspecified atom stereocenters. The average molecular weight is 413 g/mol. The molecule has 2 aromatic carbocycles. The number of para-hydroxylation sites is 1. The lowest BCUT2D eigenvalue weighted by Crippen LogP contribution is -2.36. The van der Waals surface area contributed by atoms with Crippen LogP contribution in [-0.4, -0.2) is 40.4 Å². The van der Waals surface area contributed by atoms with Gasteiger partial charge in [0.2, 0.25) is 0 Å². The highest BCUT2D eigenvalue weighted by atomic mass is 35.5. The molecule has 29 heavy (non-hydrogen) atoms. The van der Waals surface area contributed by atoms with E-state index in [2.05, 4.69) is 9.97 Å². The van der Waals surface area contributed by atoms with Crippen LogP contribution in [0.1, 0.15) is 18.5 Å². The second-order valence-electron chi connectivity index (χ2n) is 7.14. The van der Waals surface area contributed by atoms with Gasteiger partial charge in [-0.05, 0) is 50.1 Å². The molecule has 150 valence electrons. The van der Waals surface area contributed by atoms with Gasteiger partial charge in [0.25, 0.3) is 0 Å². The van der Waals surface area contributed by atoms with Gasteiger partial charge in [-0.2, -0.15) is 0 Å². The Morgan fingerprint density at radius 3 is 2.62 bits per heavy atom. The SMILES string of the molecule is Cc1nc(-c2ccc(OCCO[C@H]3C[C@@H](C(=O)O)C3)cc2)nc2c(Cl)cccc12. The molecular formula is C22H21ClN2O4. The van der Waals surface area contributed by atoms with Gasteiger partial charge >= 0.3 is 5.97 Å². The maximum atomic E-state index is 10.8. The molecule has 1 aliphatic carbocycles. The van der Waals surface area contributed by atoms with Crippen LogP contribution in [0.15, 0.2) is 42.5 Å². The number of carbonyl (C=O) groups is 1. The van der Waals surface area contributed by atoms with Crippen molar-refractivity contribution in [2.24, 2.45) is 5.92 Å². The molecule has 3 aromatic rings. The number of aromatic nitrogens is 2. The van der Waals surface area contributed by atoms with Gasteiger partial charge in [0.05, 0.1) is 29.2 Å².